The minimum absolute atomic E-state index is 0.228. The van der Waals surface area contributed by atoms with Gasteiger partial charge in [0.1, 0.15) is 0 Å². The summed E-state index contributed by atoms with van der Waals surface area (Å²) >= 11 is 0. The lowest BCUT2D eigenvalue weighted by Gasteiger charge is -2.35. The van der Waals surface area contributed by atoms with Crippen LogP contribution in [0.25, 0.3) is 0 Å². The van der Waals surface area contributed by atoms with Crippen molar-refractivity contribution in [3.05, 3.63) is 0 Å². The van der Waals surface area contributed by atoms with Gasteiger partial charge in [-0.15, -0.1) is 0 Å². The molecular formula is C14H25NO3. The minimum atomic E-state index is -0.642. The zero-order chi connectivity index (χ0) is 14.0. The van der Waals surface area contributed by atoms with Gasteiger partial charge in [0.25, 0.3) is 0 Å². The monoisotopic (exact) mass is 255 g/mol. The van der Waals surface area contributed by atoms with Crippen molar-refractivity contribution >= 4 is 11.9 Å². The second-order valence-corrected chi connectivity index (χ2v) is 6.69. The summed E-state index contributed by atoms with van der Waals surface area (Å²) in [6.07, 6.45) is 2.06. The fourth-order valence-corrected chi connectivity index (χ4v) is 2.00. The van der Waals surface area contributed by atoms with Crippen molar-refractivity contribution in [2.45, 2.75) is 47.5 Å². The highest BCUT2D eigenvalue weighted by Gasteiger charge is 2.41. The molecule has 104 valence electrons. The third-order valence-corrected chi connectivity index (χ3v) is 3.64. The fourth-order valence-electron chi connectivity index (χ4n) is 2.00. The Kier molecular flexibility index (Phi) is 4.54. The quantitative estimate of drug-likeness (QED) is 0.606. The number of nitrogens with one attached hydrogen (secondary N) is 1. The molecule has 0 radical (unpaired) electrons. The number of rotatable bonds is 2. The summed E-state index contributed by atoms with van der Waals surface area (Å²) in [6.45, 7) is 10.8. The van der Waals surface area contributed by atoms with E-state index < -0.39 is 22.8 Å². The van der Waals surface area contributed by atoms with Crippen LogP contribution in [-0.2, 0) is 14.3 Å². The summed E-state index contributed by atoms with van der Waals surface area (Å²) in [6, 6.07) is 0. The van der Waals surface area contributed by atoms with E-state index in [2.05, 4.69) is 5.32 Å². The molecule has 18 heavy (non-hydrogen) atoms. The van der Waals surface area contributed by atoms with Crippen molar-refractivity contribution in [2.24, 2.45) is 16.7 Å². The summed E-state index contributed by atoms with van der Waals surface area (Å²) in [5.41, 5.74) is -1.26. The van der Waals surface area contributed by atoms with Crippen LogP contribution in [0.4, 0.5) is 0 Å². The van der Waals surface area contributed by atoms with Gasteiger partial charge in [-0.3, -0.25) is 9.59 Å². The SMILES string of the molecule is CC(C)(C)C(=O)OC(=O)C(C)(C)[C@H]1CCCNC1. The Bertz CT molecular complexity index is 322. The molecule has 0 aromatic rings. The number of hydrogen-bond acceptors (Lipinski definition) is 4. The lowest BCUT2D eigenvalue weighted by Crippen LogP contribution is -2.44. The Balaban J connectivity index is 2.66. The highest BCUT2D eigenvalue weighted by atomic mass is 16.6. The first-order valence-electron chi connectivity index (χ1n) is 6.63. The number of carbonyl (C=O) groups is 2. The molecule has 0 aromatic carbocycles. The van der Waals surface area contributed by atoms with Crippen molar-refractivity contribution < 1.29 is 14.3 Å². The van der Waals surface area contributed by atoms with Crippen LogP contribution in [-0.4, -0.2) is 25.0 Å². The summed E-state index contributed by atoms with van der Waals surface area (Å²) in [5.74, 6) is -0.632. The van der Waals surface area contributed by atoms with E-state index in [0.29, 0.717) is 0 Å². The number of hydrogen-bond donors (Lipinski definition) is 1. The predicted octanol–water partition coefficient (Wildman–Crippen LogP) is 2.13. The molecule has 1 N–H and O–H groups in total. The molecule has 1 rings (SSSR count). The second kappa shape index (κ2) is 5.39. The number of ether oxygens (including phenoxy) is 1. The lowest BCUT2D eigenvalue weighted by molar-refractivity contribution is -0.173. The molecule has 0 amide bonds. The summed E-state index contributed by atoms with van der Waals surface area (Å²) in [5, 5.41) is 3.29. The van der Waals surface area contributed by atoms with E-state index in [1.807, 2.05) is 13.8 Å². The predicted molar refractivity (Wildman–Crippen MR) is 69.9 cm³/mol. The van der Waals surface area contributed by atoms with Gasteiger partial charge in [0, 0.05) is 0 Å². The average molecular weight is 255 g/mol. The first-order chi connectivity index (χ1) is 8.15. The molecule has 0 unspecified atom stereocenters. The Labute approximate surface area is 109 Å². The molecule has 1 heterocycles. The second-order valence-electron chi connectivity index (χ2n) is 6.69. The zero-order valence-electron chi connectivity index (χ0n) is 12.1. The summed E-state index contributed by atoms with van der Waals surface area (Å²) in [7, 11) is 0. The van der Waals surface area contributed by atoms with Gasteiger partial charge in [0.2, 0.25) is 0 Å². The van der Waals surface area contributed by atoms with Crippen LogP contribution < -0.4 is 5.32 Å². The van der Waals surface area contributed by atoms with Crippen LogP contribution in [0.1, 0.15) is 47.5 Å². The maximum atomic E-state index is 12.2. The van der Waals surface area contributed by atoms with Crippen LogP contribution in [0, 0.1) is 16.7 Å². The molecule has 1 fully saturated rings. The molecule has 0 aliphatic carbocycles. The Morgan fingerprint density at radius 1 is 1.11 bits per heavy atom. The summed E-state index contributed by atoms with van der Waals surface area (Å²) < 4.78 is 5.03. The van der Waals surface area contributed by atoms with E-state index in [1.165, 1.54) is 0 Å². The molecule has 0 bridgehead atoms. The van der Waals surface area contributed by atoms with Crippen molar-refractivity contribution in [1.29, 1.82) is 0 Å². The maximum absolute atomic E-state index is 12.2. The fraction of sp³-hybridized carbons (Fsp3) is 0.857. The van der Waals surface area contributed by atoms with Crippen molar-refractivity contribution in [3.8, 4) is 0 Å². The van der Waals surface area contributed by atoms with E-state index in [-0.39, 0.29) is 5.92 Å². The molecule has 0 aromatic heterocycles. The Morgan fingerprint density at radius 3 is 2.17 bits per heavy atom. The van der Waals surface area contributed by atoms with Gasteiger partial charge in [0.15, 0.2) is 0 Å². The van der Waals surface area contributed by atoms with Crippen LogP contribution >= 0.6 is 0 Å². The van der Waals surface area contributed by atoms with Gasteiger partial charge in [-0.1, -0.05) is 0 Å². The lowest BCUT2D eigenvalue weighted by atomic mass is 9.75. The molecular weight excluding hydrogens is 230 g/mol. The van der Waals surface area contributed by atoms with Crippen LogP contribution in [0.15, 0.2) is 0 Å². The zero-order valence-corrected chi connectivity index (χ0v) is 12.1. The molecule has 4 nitrogen and oxygen atoms in total. The number of carbonyl (C=O) groups excluding carboxylic acids is 2. The molecule has 1 saturated heterocycles. The van der Waals surface area contributed by atoms with Gasteiger partial charge < -0.3 is 10.1 Å². The first kappa shape index (κ1) is 15.2. The van der Waals surface area contributed by atoms with E-state index in [4.69, 9.17) is 4.74 Å². The van der Waals surface area contributed by atoms with Crippen molar-refractivity contribution in [1.82, 2.24) is 5.32 Å². The van der Waals surface area contributed by atoms with E-state index in [9.17, 15) is 9.59 Å². The first-order valence-corrected chi connectivity index (χ1v) is 6.63. The Hall–Kier alpha value is -0.900. The van der Waals surface area contributed by atoms with E-state index >= 15 is 0 Å². The van der Waals surface area contributed by atoms with Gasteiger partial charge >= 0.3 is 11.9 Å². The van der Waals surface area contributed by atoms with E-state index in [0.717, 1.165) is 25.9 Å². The smallest absolute Gasteiger partial charge is 0.319 e. The van der Waals surface area contributed by atoms with Gasteiger partial charge in [-0.25, -0.2) is 0 Å². The summed E-state index contributed by atoms with van der Waals surface area (Å²) in [4.78, 5) is 23.9. The average Bonchev–Trinajstić information content (AvgIpc) is 2.28. The van der Waals surface area contributed by atoms with Crippen molar-refractivity contribution in [2.75, 3.05) is 13.1 Å². The highest BCUT2D eigenvalue weighted by molar-refractivity contribution is 5.90. The molecule has 4 heteroatoms. The topological polar surface area (TPSA) is 55.4 Å². The standard InChI is InChI=1S/C14H25NO3/c1-13(2,3)11(16)18-12(17)14(4,5)10-7-6-8-15-9-10/h10,15H,6-9H2,1-5H3/t10-/m0/s1. The van der Waals surface area contributed by atoms with E-state index in [1.54, 1.807) is 20.8 Å². The van der Waals surface area contributed by atoms with Gasteiger partial charge in [-0.2, -0.15) is 0 Å². The minimum Gasteiger partial charge on any atom is -0.392 e. The third kappa shape index (κ3) is 3.55. The molecule has 1 aliphatic rings. The van der Waals surface area contributed by atoms with Gasteiger partial charge in [-0.05, 0) is 66.5 Å². The maximum Gasteiger partial charge on any atom is 0.319 e. The molecule has 0 saturated carbocycles. The highest BCUT2D eigenvalue weighted by Crippen LogP contribution is 2.33. The van der Waals surface area contributed by atoms with Crippen LogP contribution in [0.3, 0.4) is 0 Å². The normalized spacial score (nSPS) is 21.5. The number of esters is 2. The molecule has 1 atom stereocenters. The molecule has 1 aliphatic heterocycles. The van der Waals surface area contributed by atoms with Gasteiger partial charge in [0.05, 0.1) is 10.8 Å². The van der Waals surface area contributed by atoms with Crippen LogP contribution in [0.2, 0.25) is 0 Å². The van der Waals surface area contributed by atoms with Crippen LogP contribution in [0.5, 0.6) is 0 Å². The number of piperidine rings is 1. The van der Waals surface area contributed by atoms with Crippen molar-refractivity contribution in [3.63, 3.8) is 0 Å². The molecule has 0 spiro atoms. The third-order valence-electron chi connectivity index (χ3n) is 3.64. The Morgan fingerprint density at radius 2 is 1.72 bits per heavy atom. The largest absolute Gasteiger partial charge is 0.392 e.